The monoisotopic (exact) mass is 225 g/mol. The fourth-order valence-corrected chi connectivity index (χ4v) is 1.47. The van der Waals surface area contributed by atoms with Crippen LogP contribution < -0.4 is 0 Å². The third-order valence-electron chi connectivity index (χ3n) is 3.25. The van der Waals surface area contributed by atoms with Gasteiger partial charge in [-0.15, -0.1) is 5.10 Å². The average molecular weight is 225 g/mol. The molecule has 2 rings (SSSR count). The zero-order valence-corrected chi connectivity index (χ0v) is 10.1. The summed E-state index contributed by atoms with van der Waals surface area (Å²) in [4.78, 5) is 2.07. The summed E-state index contributed by atoms with van der Waals surface area (Å²) in [6.45, 7) is 4.78. The average Bonchev–Trinajstić information content (AvgIpc) is 3.00. The first-order chi connectivity index (χ1) is 7.54. The van der Waals surface area contributed by atoms with E-state index in [-0.39, 0.29) is 12.1 Å². The van der Waals surface area contributed by atoms with E-state index >= 15 is 0 Å². The first-order valence-electron chi connectivity index (χ1n) is 5.63. The van der Waals surface area contributed by atoms with Crippen LogP contribution in [0.2, 0.25) is 0 Å². The van der Waals surface area contributed by atoms with E-state index in [1.165, 1.54) is 12.8 Å². The van der Waals surface area contributed by atoms with Gasteiger partial charge in [0.25, 0.3) is 0 Å². The molecule has 1 N–H and O–H groups in total. The Kier molecular flexibility index (Phi) is 2.94. The molecule has 0 amide bonds. The fourth-order valence-electron chi connectivity index (χ4n) is 1.47. The molecule has 0 radical (unpaired) electrons. The van der Waals surface area contributed by atoms with Crippen molar-refractivity contribution >= 4 is 0 Å². The summed E-state index contributed by atoms with van der Waals surface area (Å²) >= 11 is 0. The molecule has 0 aliphatic heterocycles. The molecule has 0 saturated heterocycles. The first-order valence-corrected chi connectivity index (χ1v) is 5.63. The standard InChI is InChI=1S/C10H19N5O/c1-10(2,7-16)14(3)6-9-11-12-13-15(9)8-4-5-8/h8,16H,4-7H2,1-3H3. The van der Waals surface area contributed by atoms with Crippen LogP contribution >= 0.6 is 0 Å². The predicted octanol–water partition coefficient (Wildman–Crippen LogP) is 0.211. The quantitative estimate of drug-likeness (QED) is 0.776. The van der Waals surface area contributed by atoms with Gasteiger partial charge in [0.2, 0.25) is 0 Å². The highest BCUT2D eigenvalue weighted by Gasteiger charge is 2.30. The topological polar surface area (TPSA) is 67.1 Å². The van der Waals surface area contributed by atoms with Gasteiger partial charge < -0.3 is 5.11 Å². The molecular weight excluding hydrogens is 206 g/mol. The van der Waals surface area contributed by atoms with Gasteiger partial charge in [0.05, 0.1) is 19.2 Å². The van der Waals surface area contributed by atoms with Crippen LogP contribution in [0.15, 0.2) is 0 Å². The Bertz CT molecular complexity index is 358. The minimum absolute atomic E-state index is 0.120. The molecular formula is C10H19N5O. The minimum atomic E-state index is -0.250. The summed E-state index contributed by atoms with van der Waals surface area (Å²) in [6, 6.07) is 0.496. The van der Waals surface area contributed by atoms with Crippen molar-refractivity contribution in [1.29, 1.82) is 0 Å². The van der Waals surface area contributed by atoms with Crippen LogP contribution in [0.1, 0.15) is 38.6 Å². The van der Waals surface area contributed by atoms with E-state index < -0.39 is 0 Å². The summed E-state index contributed by atoms with van der Waals surface area (Å²) in [6.07, 6.45) is 2.34. The highest BCUT2D eigenvalue weighted by atomic mass is 16.3. The highest BCUT2D eigenvalue weighted by Crippen LogP contribution is 2.34. The van der Waals surface area contributed by atoms with Crippen molar-refractivity contribution in [3.8, 4) is 0 Å². The summed E-state index contributed by atoms with van der Waals surface area (Å²) in [5.41, 5.74) is -0.250. The molecule has 6 heteroatoms. The number of aliphatic hydroxyl groups is 1. The zero-order valence-electron chi connectivity index (χ0n) is 10.1. The lowest BCUT2D eigenvalue weighted by Gasteiger charge is -2.33. The van der Waals surface area contributed by atoms with Crippen LogP contribution in [0, 0.1) is 0 Å². The third kappa shape index (κ3) is 2.22. The summed E-state index contributed by atoms with van der Waals surface area (Å²) in [5.74, 6) is 0.881. The molecule has 0 unspecified atom stereocenters. The second-order valence-electron chi connectivity index (χ2n) is 5.10. The lowest BCUT2D eigenvalue weighted by Crippen LogP contribution is -2.44. The number of hydrogen-bond donors (Lipinski definition) is 1. The minimum Gasteiger partial charge on any atom is -0.394 e. The van der Waals surface area contributed by atoms with E-state index in [0.29, 0.717) is 12.6 Å². The second-order valence-corrected chi connectivity index (χ2v) is 5.10. The number of aromatic nitrogens is 4. The molecule has 0 aromatic carbocycles. The van der Waals surface area contributed by atoms with Gasteiger partial charge in [-0.05, 0) is 44.2 Å². The van der Waals surface area contributed by atoms with Crippen molar-refractivity contribution in [2.45, 2.75) is 44.8 Å². The van der Waals surface area contributed by atoms with Gasteiger partial charge in [-0.3, -0.25) is 4.90 Å². The molecule has 16 heavy (non-hydrogen) atoms. The van der Waals surface area contributed by atoms with Gasteiger partial charge in [0.15, 0.2) is 5.82 Å². The maximum Gasteiger partial charge on any atom is 0.165 e. The van der Waals surface area contributed by atoms with Crippen LogP contribution in [-0.4, -0.2) is 49.4 Å². The molecule has 1 aliphatic rings. The lowest BCUT2D eigenvalue weighted by atomic mass is 10.1. The van der Waals surface area contributed by atoms with Crippen LogP contribution in [0.5, 0.6) is 0 Å². The van der Waals surface area contributed by atoms with Crippen LogP contribution in [-0.2, 0) is 6.54 Å². The molecule has 1 saturated carbocycles. The van der Waals surface area contributed by atoms with E-state index in [9.17, 15) is 5.11 Å². The van der Waals surface area contributed by atoms with Crippen LogP contribution in [0.4, 0.5) is 0 Å². The Morgan fingerprint density at radius 2 is 2.19 bits per heavy atom. The fraction of sp³-hybridized carbons (Fsp3) is 0.900. The number of hydrogen-bond acceptors (Lipinski definition) is 5. The van der Waals surface area contributed by atoms with Crippen LogP contribution in [0.3, 0.4) is 0 Å². The molecule has 6 nitrogen and oxygen atoms in total. The van der Waals surface area contributed by atoms with Gasteiger partial charge in [-0.2, -0.15) is 0 Å². The van der Waals surface area contributed by atoms with Crippen LogP contribution in [0.25, 0.3) is 0 Å². The van der Waals surface area contributed by atoms with Crippen molar-refractivity contribution in [3.05, 3.63) is 5.82 Å². The van der Waals surface area contributed by atoms with E-state index in [4.69, 9.17) is 0 Å². The Balaban J connectivity index is 2.05. The smallest absolute Gasteiger partial charge is 0.165 e. The zero-order chi connectivity index (χ0) is 11.8. The molecule has 1 aromatic rings. The van der Waals surface area contributed by atoms with Gasteiger partial charge in [0, 0.05) is 5.54 Å². The van der Waals surface area contributed by atoms with E-state index in [1.807, 2.05) is 25.6 Å². The number of aliphatic hydroxyl groups excluding tert-OH is 1. The normalized spacial score (nSPS) is 17.1. The molecule has 1 fully saturated rings. The molecule has 0 atom stereocenters. The van der Waals surface area contributed by atoms with Gasteiger partial charge in [-0.25, -0.2) is 4.68 Å². The first kappa shape index (κ1) is 11.5. The third-order valence-corrected chi connectivity index (χ3v) is 3.25. The SMILES string of the molecule is CN(Cc1nnnn1C1CC1)C(C)(C)CO. The van der Waals surface area contributed by atoms with Gasteiger partial charge >= 0.3 is 0 Å². The van der Waals surface area contributed by atoms with Gasteiger partial charge in [0.1, 0.15) is 0 Å². The largest absolute Gasteiger partial charge is 0.394 e. The molecule has 0 spiro atoms. The van der Waals surface area contributed by atoms with Gasteiger partial charge in [-0.1, -0.05) is 0 Å². The number of nitrogens with zero attached hydrogens (tertiary/aromatic N) is 5. The summed E-state index contributed by atoms with van der Waals surface area (Å²) in [5, 5.41) is 21.1. The number of rotatable bonds is 5. The van der Waals surface area contributed by atoms with E-state index in [1.54, 1.807) is 0 Å². The second kappa shape index (κ2) is 4.10. The predicted molar refractivity (Wildman–Crippen MR) is 58.7 cm³/mol. The molecule has 0 bridgehead atoms. The van der Waals surface area contributed by atoms with E-state index in [2.05, 4.69) is 20.4 Å². The van der Waals surface area contributed by atoms with Crippen molar-refractivity contribution in [1.82, 2.24) is 25.1 Å². The maximum absolute atomic E-state index is 9.28. The van der Waals surface area contributed by atoms with Crippen molar-refractivity contribution in [3.63, 3.8) is 0 Å². The van der Waals surface area contributed by atoms with Crippen molar-refractivity contribution in [2.75, 3.05) is 13.7 Å². The Morgan fingerprint density at radius 1 is 1.50 bits per heavy atom. The Hall–Kier alpha value is -1.01. The summed E-state index contributed by atoms with van der Waals surface area (Å²) < 4.78 is 1.91. The van der Waals surface area contributed by atoms with Crippen molar-refractivity contribution < 1.29 is 5.11 Å². The Labute approximate surface area is 95.2 Å². The summed E-state index contributed by atoms with van der Waals surface area (Å²) in [7, 11) is 1.97. The number of likely N-dealkylation sites (N-methyl/N-ethyl adjacent to an activating group) is 1. The van der Waals surface area contributed by atoms with Crippen molar-refractivity contribution in [2.24, 2.45) is 0 Å². The molecule has 1 aliphatic carbocycles. The highest BCUT2D eigenvalue weighted by molar-refractivity contribution is 4.92. The lowest BCUT2D eigenvalue weighted by molar-refractivity contribution is 0.0702. The Morgan fingerprint density at radius 3 is 2.75 bits per heavy atom. The maximum atomic E-state index is 9.28. The van der Waals surface area contributed by atoms with E-state index in [0.717, 1.165) is 5.82 Å². The molecule has 1 heterocycles. The number of tetrazole rings is 1. The molecule has 1 aromatic heterocycles. The molecule has 90 valence electrons.